The fourth-order valence-electron chi connectivity index (χ4n) is 2.10. The molecule has 0 bridgehead atoms. The van der Waals surface area contributed by atoms with Crippen molar-refractivity contribution in [2.24, 2.45) is 0 Å². The molecule has 0 atom stereocenters. The molecule has 0 aliphatic carbocycles. The average Bonchev–Trinajstić information content (AvgIpc) is 2.46. The molecule has 4 nitrogen and oxygen atoms in total. The Bertz CT molecular complexity index is 651. The highest BCUT2D eigenvalue weighted by atomic mass is 79.9. The van der Waals surface area contributed by atoms with Gasteiger partial charge in [0.2, 0.25) is 0 Å². The van der Waals surface area contributed by atoms with E-state index in [1.807, 2.05) is 7.05 Å². The van der Waals surface area contributed by atoms with Crippen molar-refractivity contribution < 1.29 is 4.74 Å². The number of ether oxygens (including phenoxy) is 1. The molecular weight excluding hydrogens is 398 g/mol. The van der Waals surface area contributed by atoms with Crippen LogP contribution in [0.25, 0.3) is 11.4 Å². The van der Waals surface area contributed by atoms with Crippen LogP contribution in [0.3, 0.4) is 0 Å². The van der Waals surface area contributed by atoms with Crippen LogP contribution in [0.2, 0.25) is 0 Å². The highest BCUT2D eigenvalue weighted by molar-refractivity contribution is 9.11. The standard InChI is InChI=1S/C15H17Br2N3O/c1-8-5-10(6-9(2)12(8)16)14-19-11(7-21-4)13(17)15(18-3)20-14/h5-6H,7H2,1-4H3,(H,18,19,20). The normalized spacial score (nSPS) is 10.8. The average molecular weight is 415 g/mol. The summed E-state index contributed by atoms with van der Waals surface area (Å²) < 4.78 is 7.16. The van der Waals surface area contributed by atoms with E-state index in [1.165, 1.54) is 0 Å². The van der Waals surface area contributed by atoms with Crippen LogP contribution in [0.5, 0.6) is 0 Å². The Morgan fingerprint density at radius 2 is 1.71 bits per heavy atom. The minimum atomic E-state index is 0.430. The van der Waals surface area contributed by atoms with E-state index in [0.717, 1.165) is 37.1 Å². The van der Waals surface area contributed by atoms with Crippen LogP contribution in [0.1, 0.15) is 16.8 Å². The van der Waals surface area contributed by atoms with Gasteiger partial charge < -0.3 is 10.1 Å². The third-order valence-corrected chi connectivity index (χ3v) is 5.22. The summed E-state index contributed by atoms with van der Waals surface area (Å²) in [5, 5.41) is 3.08. The molecule has 21 heavy (non-hydrogen) atoms. The first-order chi connectivity index (χ1) is 9.97. The van der Waals surface area contributed by atoms with Gasteiger partial charge in [-0.1, -0.05) is 15.9 Å². The van der Waals surface area contributed by atoms with E-state index in [9.17, 15) is 0 Å². The van der Waals surface area contributed by atoms with Gasteiger partial charge in [-0.15, -0.1) is 0 Å². The van der Waals surface area contributed by atoms with Crippen molar-refractivity contribution in [3.63, 3.8) is 0 Å². The van der Waals surface area contributed by atoms with Crippen LogP contribution in [-0.4, -0.2) is 24.1 Å². The molecule has 0 aliphatic heterocycles. The molecule has 0 fully saturated rings. The van der Waals surface area contributed by atoms with Gasteiger partial charge in [0.15, 0.2) is 5.82 Å². The molecule has 2 rings (SSSR count). The van der Waals surface area contributed by atoms with Crippen LogP contribution in [0.15, 0.2) is 21.1 Å². The molecule has 0 spiro atoms. The summed E-state index contributed by atoms with van der Waals surface area (Å²) in [7, 11) is 3.49. The van der Waals surface area contributed by atoms with Gasteiger partial charge in [-0.2, -0.15) is 0 Å². The maximum absolute atomic E-state index is 5.21. The summed E-state index contributed by atoms with van der Waals surface area (Å²) in [6.07, 6.45) is 0. The van der Waals surface area contributed by atoms with E-state index >= 15 is 0 Å². The van der Waals surface area contributed by atoms with Gasteiger partial charge in [0.1, 0.15) is 5.82 Å². The van der Waals surface area contributed by atoms with Crippen molar-refractivity contribution in [1.82, 2.24) is 9.97 Å². The number of nitrogens with one attached hydrogen (secondary N) is 1. The SMILES string of the molecule is CNc1nc(-c2cc(C)c(Br)c(C)c2)nc(COC)c1Br. The predicted octanol–water partition coefficient (Wildman–Crippen LogP) is 4.47. The lowest BCUT2D eigenvalue weighted by molar-refractivity contribution is 0.181. The van der Waals surface area contributed by atoms with Crippen LogP contribution < -0.4 is 5.32 Å². The van der Waals surface area contributed by atoms with Gasteiger partial charge in [0, 0.05) is 24.2 Å². The summed E-state index contributed by atoms with van der Waals surface area (Å²) in [5.41, 5.74) is 4.14. The Morgan fingerprint density at radius 1 is 1.10 bits per heavy atom. The Labute approximate surface area is 141 Å². The molecule has 0 saturated heterocycles. The topological polar surface area (TPSA) is 47.0 Å². The zero-order valence-corrected chi connectivity index (χ0v) is 15.6. The fourth-order valence-corrected chi connectivity index (χ4v) is 2.81. The predicted molar refractivity (Wildman–Crippen MR) is 92.6 cm³/mol. The Hall–Kier alpha value is -0.980. The summed E-state index contributed by atoms with van der Waals surface area (Å²) >= 11 is 7.10. The van der Waals surface area contributed by atoms with Gasteiger partial charge in [-0.25, -0.2) is 9.97 Å². The molecule has 0 amide bonds. The molecule has 0 radical (unpaired) electrons. The first-order valence-electron chi connectivity index (χ1n) is 6.48. The highest BCUT2D eigenvalue weighted by Crippen LogP contribution is 2.30. The summed E-state index contributed by atoms with van der Waals surface area (Å²) in [6.45, 7) is 4.56. The maximum atomic E-state index is 5.21. The number of benzene rings is 1. The fraction of sp³-hybridized carbons (Fsp3) is 0.333. The molecule has 0 saturated carbocycles. The summed E-state index contributed by atoms with van der Waals surface area (Å²) in [5.74, 6) is 1.44. The number of anilines is 1. The molecule has 0 unspecified atom stereocenters. The number of hydrogen-bond acceptors (Lipinski definition) is 4. The zero-order valence-electron chi connectivity index (χ0n) is 12.4. The van der Waals surface area contributed by atoms with E-state index in [-0.39, 0.29) is 0 Å². The second-order valence-corrected chi connectivity index (χ2v) is 6.35. The van der Waals surface area contributed by atoms with Crippen molar-refractivity contribution in [3.05, 3.63) is 37.9 Å². The molecule has 1 heterocycles. The first kappa shape index (κ1) is 16.4. The monoisotopic (exact) mass is 413 g/mol. The quantitative estimate of drug-likeness (QED) is 0.801. The largest absolute Gasteiger partial charge is 0.378 e. The lowest BCUT2D eigenvalue weighted by atomic mass is 10.1. The lowest BCUT2D eigenvalue weighted by Crippen LogP contribution is -2.04. The molecule has 2 aromatic rings. The second-order valence-electron chi connectivity index (χ2n) is 4.76. The summed E-state index contributed by atoms with van der Waals surface area (Å²) in [6, 6.07) is 4.16. The van der Waals surface area contributed by atoms with Crippen molar-refractivity contribution in [1.29, 1.82) is 0 Å². The molecule has 0 aliphatic rings. The number of methoxy groups -OCH3 is 1. The van der Waals surface area contributed by atoms with Crippen LogP contribution in [-0.2, 0) is 11.3 Å². The van der Waals surface area contributed by atoms with Crippen molar-refractivity contribution in [2.75, 3.05) is 19.5 Å². The summed E-state index contributed by atoms with van der Waals surface area (Å²) in [4.78, 5) is 9.19. The molecule has 1 aromatic heterocycles. The van der Waals surface area contributed by atoms with Crippen molar-refractivity contribution in [3.8, 4) is 11.4 Å². The van der Waals surface area contributed by atoms with Crippen molar-refractivity contribution >= 4 is 37.7 Å². The molecule has 112 valence electrons. The van der Waals surface area contributed by atoms with Gasteiger partial charge in [0.25, 0.3) is 0 Å². The minimum absolute atomic E-state index is 0.430. The van der Waals surface area contributed by atoms with Gasteiger partial charge in [0.05, 0.1) is 16.8 Å². The zero-order chi connectivity index (χ0) is 15.6. The molecule has 6 heteroatoms. The third-order valence-electron chi connectivity index (χ3n) is 3.13. The van der Waals surface area contributed by atoms with Crippen LogP contribution in [0.4, 0.5) is 5.82 Å². The van der Waals surface area contributed by atoms with Crippen molar-refractivity contribution in [2.45, 2.75) is 20.5 Å². The van der Waals surface area contributed by atoms with E-state index < -0.39 is 0 Å². The maximum Gasteiger partial charge on any atom is 0.161 e. The van der Waals surface area contributed by atoms with E-state index in [4.69, 9.17) is 4.74 Å². The van der Waals surface area contributed by atoms with E-state index in [1.54, 1.807) is 7.11 Å². The number of nitrogens with zero attached hydrogens (tertiary/aromatic N) is 2. The Morgan fingerprint density at radius 3 is 2.24 bits per heavy atom. The number of aromatic nitrogens is 2. The van der Waals surface area contributed by atoms with E-state index in [0.29, 0.717) is 12.4 Å². The third kappa shape index (κ3) is 3.44. The van der Waals surface area contributed by atoms with Gasteiger partial charge in [-0.05, 0) is 53.0 Å². The number of aryl methyl sites for hydroxylation is 2. The highest BCUT2D eigenvalue weighted by Gasteiger charge is 2.14. The second kappa shape index (κ2) is 6.85. The molecule has 1 N–H and O–H groups in total. The Balaban J connectivity index is 2.60. The van der Waals surface area contributed by atoms with Gasteiger partial charge in [-0.3, -0.25) is 0 Å². The van der Waals surface area contributed by atoms with E-state index in [2.05, 4.69) is 73.1 Å². The molecule has 1 aromatic carbocycles. The van der Waals surface area contributed by atoms with Gasteiger partial charge >= 0.3 is 0 Å². The molecular formula is C15H17Br2N3O. The van der Waals surface area contributed by atoms with Crippen LogP contribution >= 0.6 is 31.9 Å². The number of rotatable bonds is 4. The smallest absolute Gasteiger partial charge is 0.161 e. The first-order valence-corrected chi connectivity index (χ1v) is 8.06. The number of halogens is 2. The number of hydrogen-bond donors (Lipinski definition) is 1. The Kier molecular flexibility index (Phi) is 5.35. The minimum Gasteiger partial charge on any atom is -0.378 e. The van der Waals surface area contributed by atoms with Crippen LogP contribution in [0, 0.1) is 13.8 Å². The lowest BCUT2D eigenvalue weighted by Gasteiger charge is -2.12.